The number of rotatable bonds is 3. The molecule has 0 spiro atoms. The van der Waals surface area contributed by atoms with Gasteiger partial charge in [0, 0.05) is 29.1 Å². The number of H-pyrrole nitrogens is 1. The molecular weight excluding hydrogens is 242 g/mol. The lowest BCUT2D eigenvalue weighted by atomic mass is 10.1. The van der Waals surface area contributed by atoms with Crippen LogP contribution >= 0.6 is 11.3 Å². The van der Waals surface area contributed by atoms with E-state index in [4.69, 9.17) is 5.73 Å². The summed E-state index contributed by atoms with van der Waals surface area (Å²) < 4.78 is 0. The van der Waals surface area contributed by atoms with Crippen molar-refractivity contribution in [2.45, 2.75) is 13.3 Å². The number of hydrogen-bond donors (Lipinski definition) is 2. The molecule has 1 aromatic carbocycles. The second-order valence-electron chi connectivity index (χ2n) is 4.30. The number of benzene rings is 1. The summed E-state index contributed by atoms with van der Waals surface area (Å²) in [4.78, 5) is 9.15. The summed E-state index contributed by atoms with van der Waals surface area (Å²) in [5.74, 6) is 0. The molecule has 3 nitrogen and oxygen atoms in total. The van der Waals surface area contributed by atoms with E-state index < -0.39 is 0 Å². The Morgan fingerprint density at radius 1 is 1.33 bits per heavy atom. The Morgan fingerprint density at radius 3 is 3.00 bits per heavy atom. The molecular formula is C14H15N3S. The molecule has 0 aliphatic heterocycles. The standard InChI is InChI=1S/C14H15N3S/c1-9-17-13(6-7-15)14(18-9)11-8-16-12-5-3-2-4-10(11)12/h2-5,8,16H,6-7,15H2,1H3. The molecule has 3 N–H and O–H groups in total. The van der Waals surface area contributed by atoms with Crippen molar-refractivity contribution in [3.8, 4) is 10.4 Å². The molecule has 0 aliphatic carbocycles. The van der Waals surface area contributed by atoms with E-state index in [1.54, 1.807) is 11.3 Å². The van der Waals surface area contributed by atoms with Crippen LogP contribution in [-0.2, 0) is 6.42 Å². The Bertz CT molecular complexity index is 681. The summed E-state index contributed by atoms with van der Waals surface area (Å²) >= 11 is 1.74. The van der Waals surface area contributed by atoms with E-state index in [0.29, 0.717) is 6.54 Å². The van der Waals surface area contributed by atoms with Crippen molar-refractivity contribution in [3.63, 3.8) is 0 Å². The number of fused-ring (bicyclic) bond motifs is 1. The first-order chi connectivity index (χ1) is 8.79. The Kier molecular flexibility index (Phi) is 2.89. The molecule has 0 fully saturated rings. The molecule has 0 saturated heterocycles. The number of nitrogens with two attached hydrogens (primary N) is 1. The zero-order chi connectivity index (χ0) is 12.5. The average Bonchev–Trinajstić information content (AvgIpc) is 2.93. The smallest absolute Gasteiger partial charge is 0.0903 e. The minimum absolute atomic E-state index is 0.637. The average molecular weight is 257 g/mol. The van der Waals surface area contributed by atoms with Crippen molar-refractivity contribution < 1.29 is 0 Å². The zero-order valence-electron chi connectivity index (χ0n) is 10.2. The zero-order valence-corrected chi connectivity index (χ0v) is 11.1. The Balaban J connectivity index is 2.19. The first kappa shape index (κ1) is 11.4. The fourth-order valence-electron chi connectivity index (χ4n) is 2.25. The van der Waals surface area contributed by atoms with E-state index in [0.717, 1.165) is 22.6 Å². The highest BCUT2D eigenvalue weighted by Crippen LogP contribution is 2.35. The lowest BCUT2D eigenvalue weighted by molar-refractivity contribution is 0.931. The van der Waals surface area contributed by atoms with Gasteiger partial charge in [0.25, 0.3) is 0 Å². The van der Waals surface area contributed by atoms with Gasteiger partial charge in [-0.25, -0.2) is 4.98 Å². The largest absolute Gasteiger partial charge is 0.361 e. The molecule has 0 atom stereocenters. The lowest BCUT2D eigenvalue weighted by Gasteiger charge is -1.99. The van der Waals surface area contributed by atoms with Crippen LogP contribution in [0.1, 0.15) is 10.7 Å². The molecule has 0 amide bonds. The van der Waals surface area contributed by atoms with Crippen LogP contribution in [0.15, 0.2) is 30.5 Å². The van der Waals surface area contributed by atoms with Gasteiger partial charge in [0.2, 0.25) is 0 Å². The highest BCUT2D eigenvalue weighted by molar-refractivity contribution is 7.15. The van der Waals surface area contributed by atoms with Crippen molar-refractivity contribution in [1.82, 2.24) is 9.97 Å². The Labute approximate surface area is 110 Å². The highest BCUT2D eigenvalue weighted by Gasteiger charge is 2.14. The molecule has 4 heteroatoms. The molecule has 18 heavy (non-hydrogen) atoms. The number of aromatic nitrogens is 2. The van der Waals surface area contributed by atoms with Gasteiger partial charge in [-0.15, -0.1) is 11.3 Å². The van der Waals surface area contributed by atoms with Crippen LogP contribution in [0.2, 0.25) is 0 Å². The number of hydrogen-bond acceptors (Lipinski definition) is 3. The molecule has 2 heterocycles. The summed E-state index contributed by atoms with van der Waals surface area (Å²) in [6, 6.07) is 8.34. The first-order valence-electron chi connectivity index (χ1n) is 6.02. The SMILES string of the molecule is Cc1nc(CCN)c(-c2c[nH]c3ccccc23)s1. The van der Waals surface area contributed by atoms with Gasteiger partial charge in [-0.05, 0) is 19.5 Å². The van der Waals surface area contributed by atoms with Crippen molar-refractivity contribution in [2.24, 2.45) is 5.73 Å². The number of aryl methyl sites for hydroxylation is 1. The van der Waals surface area contributed by atoms with Gasteiger partial charge in [-0.3, -0.25) is 0 Å². The molecule has 0 radical (unpaired) electrons. The molecule has 3 rings (SSSR count). The van der Waals surface area contributed by atoms with E-state index >= 15 is 0 Å². The fraction of sp³-hybridized carbons (Fsp3) is 0.214. The van der Waals surface area contributed by atoms with Crippen LogP contribution in [0.5, 0.6) is 0 Å². The van der Waals surface area contributed by atoms with Crippen LogP contribution in [0.4, 0.5) is 0 Å². The Hall–Kier alpha value is -1.65. The van der Waals surface area contributed by atoms with Gasteiger partial charge in [0.15, 0.2) is 0 Å². The summed E-state index contributed by atoms with van der Waals surface area (Å²) in [6.45, 7) is 2.68. The van der Waals surface area contributed by atoms with Gasteiger partial charge in [-0.1, -0.05) is 18.2 Å². The number of aromatic amines is 1. The van der Waals surface area contributed by atoms with Crippen LogP contribution in [0.3, 0.4) is 0 Å². The lowest BCUT2D eigenvalue weighted by Crippen LogP contribution is -2.03. The van der Waals surface area contributed by atoms with Gasteiger partial charge < -0.3 is 10.7 Å². The van der Waals surface area contributed by atoms with E-state index in [-0.39, 0.29) is 0 Å². The first-order valence-corrected chi connectivity index (χ1v) is 6.84. The van der Waals surface area contributed by atoms with E-state index in [9.17, 15) is 0 Å². The van der Waals surface area contributed by atoms with Crippen molar-refractivity contribution in [2.75, 3.05) is 6.54 Å². The molecule has 92 valence electrons. The molecule has 0 saturated carbocycles. The fourth-order valence-corrected chi connectivity index (χ4v) is 3.24. The highest BCUT2D eigenvalue weighted by atomic mass is 32.1. The van der Waals surface area contributed by atoms with Crippen LogP contribution in [0, 0.1) is 6.92 Å². The van der Waals surface area contributed by atoms with Crippen molar-refractivity contribution in [3.05, 3.63) is 41.2 Å². The van der Waals surface area contributed by atoms with Crippen LogP contribution in [-0.4, -0.2) is 16.5 Å². The van der Waals surface area contributed by atoms with Gasteiger partial charge in [0.05, 0.1) is 15.6 Å². The van der Waals surface area contributed by atoms with E-state index in [2.05, 4.69) is 34.4 Å². The molecule has 0 unspecified atom stereocenters. The number of para-hydroxylation sites is 1. The summed E-state index contributed by atoms with van der Waals surface area (Å²) in [6.07, 6.45) is 2.90. The van der Waals surface area contributed by atoms with Gasteiger partial charge in [-0.2, -0.15) is 0 Å². The predicted octanol–water partition coefficient (Wildman–Crippen LogP) is 3.10. The molecule has 0 aliphatic rings. The third kappa shape index (κ3) is 1.83. The summed E-state index contributed by atoms with van der Waals surface area (Å²) in [7, 11) is 0. The third-order valence-corrected chi connectivity index (χ3v) is 4.07. The third-order valence-electron chi connectivity index (χ3n) is 3.02. The second-order valence-corrected chi connectivity index (χ2v) is 5.50. The van der Waals surface area contributed by atoms with E-state index in [1.165, 1.54) is 15.8 Å². The second kappa shape index (κ2) is 4.55. The van der Waals surface area contributed by atoms with Crippen molar-refractivity contribution in [1.29, 1.82) is 0 Å². The van der Waals surface area contributed by atoms with Gasteiger partial charge in [0.1, 0.15) is 0 Å². The van der Waals surface area contributed by atoms with Crippen LogP contribution in [0.25, 0.3) is 21.3 Å². The van der Waals surface area contributed by atoms with Crippen LogP contribution < -0.4 is 5.73 Å². The number of nitrogens with one attached hydrogen (secondary N) is 1. The maximum Gasteiger partial charge on any atom is 0.0903 e. The monoisotopic (exact) mass is 257 g/mol. The minimum Gasteiger partial charge on any atom is -0.361 e. The molecule has 2 aromatic heterocycles. The van der Waals surface area contributed by atoms with E-state index in [1.807, 2.05) is 13.0 Å². The normalized spacial score (nSPS) is 11.2. The number of nitrogens with zero attached hydrogens (tertiary/aromatic N) is 1. The quantitative estimate of drug-likeness (QED) is 0.757. The maximum atomic E-state index is 5.66. The van der Waals surface area contributed by atoms with Gasteiger partial charge >= 0.3 is 0 Å². The predicted molar refractivity (Wildman–Crippen MR) is 76.9 cm³/mol. The molecule has 3 aromatic rings. The Morgan fingerprint density at radius 2 is 2.17 bits per heavy atom. The van der Waals surface area contributed by atoms with Crippen molar-refractivity contribution >= 4 is 22.2 Å². The topological polar surface area (TPSA) is 54.7 Å². The summed E-state index contributed by atoms with van der Waals surface area (Å²) in [5.41, 5.74) is 9.18. The minimum atomic E-state index is 0.637. The summed E-state index contributed by atoms with van der Waals surface area (Å²) in [5, 5.41) is 2.35. The number of thiazole rings is 1. The molecule has 0 bridgehead atoms. The maximum absolute atomic E-state index is 5.66.